The number of nitrogens with zero attached hydrogens (tertiary/aromatic N) is 5. The van der Waals surface area contributed by atoms with Crippen molar-refractivity contribution in [3.63, 3.8) is 0 Å². The van der Waals surface area contributed by atoms with E-state index in [4.69, 9.17) is 4.74 Å². The van der Waals surface area contributed by atoms with Crippen LogP contribution in [0.1, 0.15) is 28.6 Å². The minimum absolute atomic E-state index is 0.0328. The zero-order valence-corrected chi connectivity index (χ0v) is 14.6. The van der Waals surface area contributed by atoms with E-state index in [0.717, 1.165) is 23.3 Å². The summed E-state index contributed by atoms with van der Waals surface area (Å²) in [5.41, 5.74) is 2.63. The van der Waals surface area contributed by atoms with Crippen LogP contribution in [0.5, 0.6) is 5.88 Å². The molecule has 1 saturated heterocycles. The summed E-state index contributed by atoms with van der Waals surface area (Å²) in [6, 6.07) is 8.37. The quantitative estimate of drug-likeness (QED) is 0.734. The van der Waals surface area contributed by atoms with Crippen LogP contribution >= 0.6 is 0 Å². The Balaban J connectivity index is 1.60. The van der Waals surface area contributed by atoms with Gasteiger partial charge in [0, 0.05) is 26.3 Å². The number of rotatable bonds is 3. The number of imidazole rings is 1. The van der Waals surface area contributed by atoms with Crippen LogP contribution in [-0.4, -0.2) is 50.3 Å². The van der Waals surface area contributed by atoms with Gasteiger partial charge in [-0.15, -0.1) is 5.10 Å². The maximum absolute atomic E-state index is 12.9. The van der Waals surface area contributed by atoms with Crippen LogP contribution in [0.25, 0.3) is 11.0 Å². The lowest BCUT2D eigenvalue weighted by Crippen LogP contribution is -2.29. The fourth-order valence-corrected chi connectivity index (χ4v) is 3.70. The molecule has 1 fully saturated rings. The number of ether oxygens (including phenoxy) is 1. The molecule has 0 spiro atoms. The molecule has 7 heteroatoms. The molecule has 1 aliphatic rings. The minimum atomic E-state index is -0.0328. The summed E-state index contributed by atoms with van der Waals surface area (Å²) < 4.78 is 9.09. The number of methoxy groups -OCH3 is 1. The summed E-state index contributed by atoms with van der Waals surface area (Å²) in [6.45, 7) is 3.40. The highest BCUT2D eigenvalue weighted by Crippen LogP contribution is 2.29. The topological polar surface area (TPSA) is 65.2 Å². The van der Waals surface area contributed by atoms with Crippen molar-refractivity contribution in [2.75, 3.05) is 20.2 Å². The first-order valence-corrected chi connectivity index (χ1v) is 8.39. The van der Waals surface area contributed by atoms with Crippen molar-refractivity contribution in [3.05, 3.63) is 41.9 Å². The first kappa shape index (κ1) is 15.7. The highest BCUT2D eigenvalue weighted by Gasteiger charge is 2.31. The number of carbonyl (C=O) groups is 1. The second-order valence-corrected chi connectivity index (χ2v) is 6.44. The molecule has 0 aliphatic carbocycles. The van der Waals surface area contributed by atoms with Crippen LogP contribution in [0.2, 0.25) is 0 Å². The molecule has 3 aromatic rings. The number of fused-ring (bicyclic) bond motifs is 1. The molecule has 7 nitrogen and oxygen atoms in total. The molecular formula is C18H21N5O2. The van der Waals surface area contributed by atoms with Gasteiger partial charge in [0.25, 0.3) is 5.91 Å². The lowest BCUT2D eigenvalue weighted by atomic mass is 10.2. The maximum Gasteiger partial charge on any atom is 0.261 e. The zero-order chi connectivity index (χ0) is 17.6. The van der Waals surface area contributed by atoms with Crippen LogP contribution in [0.3, 0.4) is 0 Å². The van der Waals surface area contributed by atoms with Crippen molar-refractivity contribution >= 4 is 16.9 Å². The van der Waals surface area contributed by atoms with Crippen molar-refractivity contribution in [2.24, 2.45) is 7.05 Å². The Morgan fingerprint density at radius 3 is 2.92 bits per heavy atom. The predicted octanol–water partition coefficient (Wildman–Crippen LogP) is 2.17. The van der Waals surface area contributed by atoms with Crippen LogP contribution in [-0.2, 0) is 7.05 Å². The van der Waals surface area contributed by atoms with E-state index < -0.39 is 0 Å². The smallest absolute Gasteiger partial charge is 0.261 e. The van der Waals surface area contributed by atoms with Gasteiger partial charge in [-0.1, -0.05) is 12.1 Å². The van der Waals surface area contributed by atoms with Crippen LogP contribution < -0.4 is 4.74 Å². The Morgan fingerprint density at radius 2 is 2.12 bits per heavy atom. The van der Waals surface area contributed by atoms with Gasteiger partial charge in [-0.05, 0) is 25.5 Å². The Kier molecular flexibility index (Phi) is 3.71. The van der Waals surface area contributed by atoms with Gasteiger partial charge in [0.05, 0.1) is 24.2 Å². The Morgan fingerprint density at radius 1 is 1.32 bits per heavy atom. The zero-order valence-electron chi connectivity index (χ0n) is 14.6. The fourth-order valence-electron chi connectivity index (χ4n) is 3.70. The normalized spacial score (nSPS) is 17.4. The minimum Gasteiger partial charge on any atom is -0.479 e. The van der Waals surface area contributed by atoms with Crippen molar-refractivity contribution in [2.45, 2.75) is 19.4 Å². The number of carbonyl (C=O) groups excluding carboxylic acids is 1. The van der Waals surface area contributed by atoms with E-state index in [1.54, 1.807) is 17.9 Å². The number of benzene rings is 1. The average molecular weight is 339 g/mol. The molecular weight excluding hydrogens is 318 g/mol. The first-order valence-electron chi connectivity index (χ1n) is 8.39. The molecule has 25 heavy (non-hydrogen) atoms. The predicted molar refractivity (Wildman–Crippen MR) is 93.8 cm³/mol. The standard InChI is InChI=1S/C18H21N5O2/c1-12-19-15-6-4-5-7-16(15)23(12)13-8-9-22(10-13)18(24)14-11-21(2)20-17(14)25-3/h4-7,11,13H,8-10H2,1-3H3/t13-/m1/s1. The number of likely N-dealkylation sites (tertiary alicyclic amines) is 1. The van der Waals surface area contributed by atoms with E-state index in [2.05, 4.69) is 20.7 Å². The number of aromatic nitrogens is 4. The van der Waals surface area contributed by atoms with Gasteiger partial charge in [-0.2, -0.15) is 0 Å². The third kappa shape index (κ3) is 2.56. The third-order valence-electron chi connectivity index (χ3n) is 4.81. The van der Waals surface area contributed by atoms with Crippen molar-refractivity contribution in [1.82, 2.24) is 24.2 Å². The molecule has 1 atom stereocenters. The van der Waals surface area contributed by atoms with Gasteiger partial charge >= 0.3 is 0 Å². The molecule has 2 aromatic heterocycles. The Labute approximate surface area is 145 Å². The van der Waals surface area contributed by atoms with E-state index in [0.29, 0.717) is 24.5 Å². The second-order valence-electron chi connectivity index (χ2n) is 6.44. The van der Waals surface area contributed by atoms with E-state index in [9.17, 15) is 4.79 Å². The molecule has 0 radical (unpaired) electrons. The molecule has 0 N–H and O–H groups in total. The Bertz CT molecular complexity index is 942. The fraction of sp³-hybridized carbons (Fsp3) is 0.389. The SMILES string of the molecule is COc1nn(C)cc1C(=O)N1CC[C@@H](n2c(C)nc3ccccc32)C1. The first-order chi connectivity index (χ1) is 12.1. The molecule has 1 aliphatic heterocycles. The third-order valence-corrected chi connectivity index (χ3v) is 4.81. The summed E-state index contributed by atoms with van der Waals surface area (Å²) in [5, 5.41) is 4.18. The molecule has 4 rings (SSSR count). The van der Waals surface area contributed by atoms with Crippen LogP contribution in [0.4, 0.5) is 0 Å². The van der Waals surface area contributed by atoms with Gasteiger partial charge in [-0.25, -0.2) is 4.98 Å². The lowest BCUT2D eigenvalue weighted by molar-refractivity contribution is 0.0784. The summed E-state index contributed by atoms with van der Waals surface area (Å²) in [4.78, 5) is 19.4. The molecule has 0 saturated carbocycles. The van der Waals surface area contributed by atoms with Crippen LogP contribution in [0, 0.1) is 6.92 Å². The largest absolute Gasteiger partial charge is 0.479 e. The van der Waals surface area contributed by atoms with E-state index >= 15 is 0 Å². The molecule has 130 valence electrons. The van der Waals surface area contributed by atoms with Crippen molar-refractivity contribution in [1.29, 1.82) is 0 Å². The number of aryl methyl sites for hydroxylation is 2. The molecule has 3 heterocycles. The second kappa shape index (κ2) is 5.91. The highest BCUT2D eigenvalue weighted by molar-refractivity contribution is 5.96. The summed E-state index contributed by atoms with van der Waals surface area (Å²) in [5.74, 6) is 1.33. The van der Waals surface area contributed by atoms with Crippen LogP contribution in [0.15, 0.2) is 30.5 Å². The Hall–Kier alpha value is -2.83. The van der Waals surface area contributed by atoms with Gasteiger partial charge < -0.3 is 14.2 Å². The van der Waals surface area contributed by atoms with E-state index in [1.807, 2.05) is 30.0 Å². The van der Waals surface area contributed by atoms with Gasteiger partial charge in [-0.3, -0.25) is 9.48 Å². The summed E-state index contributed by atoms with van der Waals surface area (Å²) >= 11 is 0. The average Bonchev–Trinajstić information content (AvgIpc) is 3.29. The number of para-hydroxylation sites is 2. The molecule has 0 unspecified atom stereocenters. The molecule has 1 amide bonds. The van der Waals surface area contributed by atoms with Crippen molar-refractivity contribution in [3.8, 4) is 5.88 Å². The molecule has 1 aromatic carbocycles. The van der Waals surface area contributed by atoms with Gasteiger partial charge in [0.1, 0.15) is 11.4 Å². The lowest BCUT2D eigenvalue weighted by Gasteiger charge is -2.18. The summed E-state index contributed by atoms with van der Waals surface area (Å²) in [6.07, 6.45) is 2.63. The monoisotopic (exact) mass is 339 g/mol. The van der Waals surface area contributed by atoms with Crippen molar-refractivity contribution < 1.29 is 9.53 Å². The number of hydrogen-bond donors (Lipinski definition) is 0. The number of amides is 1. The highest BCUT2D eigenvalue weighted by atomic mass is 16.5. The molecule has 0 bridgehead atoms. The van der Waals surface area contributed by atoms with E-state index in [-0.39, 0.29) is 11.9 Å². The van der Waals surface area contributed by atoms with Gasteiger partial charge in [0.2, 0.25) is 5.88 Å². The summed E-state index contributed by atoms with van der Waals surface area (Å²) in [7, 11) is 3.32. The van der Waals surface area contributed by atoms with Gasteiger partial charge in [0.15, 0.2) is 0 Å². The number of hydrogen-bond acceptors (Lipinski definition) is 4. The maximum atomic E-state index is 12.9. The van der Waals surface area contributed by atoms with E-state index in [1.165, 1.54) is 7.11 Å².